The molecule has 0 aromatic heterocycles. The molecule has 5 heteroatoms. The van der Waals surface area contributed by atoms with E-state index in [4.69, 9.17) is 0 Å². The summed E-state index contributed by atoms with van der Waals surface area (Å²) in [4.78, 5) is 38.6. The highest BCUT2D eigenvalue weighted by atomic mass is 19.1. The van der Waals surface area contributed by atoms with E-state index in [-0.39, 0.29) is 36.1 Å². The summed E-state index contributed by atoms with van der Waals surface area (Å²) in [6.45, 7) is 5.39. The molecule has 176 valence electrons. The molecule has 3 saturated carbocycles. The van der Waals surface area contributed by atoms with Crippen molar-refractivity contribution in [2.75, 3.05) is 0 Å². The van der Waals surface area contributed by atoms with E-state index in [0.717, 1.165) is 5.57 Å². The van der Waals surface area contributed by atoms with Gasteiger partial charge in [0.25, 0.3) is 0 Å². The van der Waals surface area contributed by atoms with E-state index >= 15 is 4.39 Å². The molecule has 1 aromatic carbocycles. The average Bonchev–Trinajstić information content (AvgIpc) is 3.08. The first-order chi connectivity index (χ1) is 15.5. The fraction of sp³-hybridized carbons (Fsp3) is 0.607. The van der Waals surface area contributed by atoms with Crippen molar-refractivity contribution in [2.24, 2.45) is 34.5 Å². The lowest BCUT2D eigenvalue weighted by Crippen LogP contribution is -2.67. The van der Waals surface area contributed by atoms with Crippen molar-refractivity contribution >= 4 is 17.3 Å². The summed E-state index contributed by atoms with van der Waals surface area (Å²) in [6, 6.07) is 9.03. The second-order valence-corrected chi connectivity index (χ2v) is 11.4. The molecule has 0 unspecified atom stereocenters. The van der Waals surface area contributed by atoms with Crippen LogP contribution in [-0.2, 0) is 9.59 Å². The van der Waals surface area contributed by atoms with Crippen LogP contribution in [0.3, 0.4) is 0 Å². The molecule has 0 amide bonds. The van der Waals surface area contributed by atoms with Crippen LogP contribution in [0.2, 0.25) is 0 Å². The molecule has 0 saturated heterocycles. The molecule has 0 aliphatic heterocycles. The zero-order valence-corrected chi connectivity index (χ0v) is 19.6. The minimum Gasteiger partial charge on any atom is -0.390 e. The number of hydrogen-bond acceptors (Lipinski definition) is 4. The molecular formula is C28H33FO4. The van der Waals surface area contributed by atoms with E-state index in [1.165, 1.54) is 6.92 Å². The molecular weight excluding hydrogens is 419 g/mol. The van der Waals surface area contributed by atoms with Gasteiger partial charge in [-0.2, -0.15) is 0 Å². The fourth-order valence-corrected chi connectivity index (χ4v) is 8.44. The van der Waals surface area contributed by atoms with Crippen LogP contribution < -0.4 is 0 Å². The van der Waals surface area contributed by atoms with Gasteiger partial charge in [-0.25, -0.2) is 4.39 Å². The smallest absolute Gasteiger partial charge is 0.166 e. The number of alkyl halides is 1. The summed E-state index contributed by atoms with van der Waals surface area (Å²) < 4.78 is 17.3. The van der Waals surface area contributed by atoms with Crippen molar-refractivity contribution < 1.29 is 23.9 Å². The number of fused-ring (bicyclic) bond motifs is 5. The zero-order valence-electron chi connectivity index (χ0n) is 19.6. The summed E-state index contributed by atoms with van der Waals surface area (Å²) in [5.74, 6) is -1.75. The fourth-order valence-electron chi connectivity index (χ4n) is 8.44. The molecule has 4 aliphatic rings. The summed E-state index contributed by atoms with van der Waals surface area (Å²) >= 11 is 0. The maximum atomic E-state index is 17.3. The number of allylic oxidation sites excluding steroid dienone is 1. The van der Waals surface area contributed by atoms with E-state index < -0.39 is 40.4 Å². The third kappa shape index (κ3) is 2.94. The molecule has 5 rings (SSSR count). The molecule has 0 spiro atoms. The van der Waals surface area contributed by atoms with E-state index in [1.54, 1.807) is 18.2 Å². The number of carbonyl (C=O) groups is 3. The van der Waals surface area contributed by atoms with E-state index in [9.17, 15) is 19.5 Å². The van der Waals surface area contributed by atoms with Crippen molar-refractivity contribution in [2.45, 2.75) is 71.1 Å². The van der Waals surface area contributed by atoms with Crippen LogP contribution in [0.5, 0.6) is 0 Å². The summed E-state index contributed by atoms with van der Waals surface area (Å²) in [6.07, 6.45) is 2.83. The Kier molecular flexibility index (Phi) is 5.10. The number of aliphatic hydroxyl groups is 1. The standard InChI is InChI=1S/C28H33FO4/c1-16(30)24-20(25(33)17-7-5-4-6-8-17)14-22-21-10-9-18-13-19(31)11-12-27(18,3)28(21,29)23(32)15-26(22,24)2/h4-8,13,20-24,32H,9-12,14-15H2,1-3H3/t20-,21+,22+,23+,24+,26+,27+,28+/m1/s1. The Labute approximate surface area is 194 Å². The SMILES string of the molecule is CC(=O)[C@H]1[C@H](C(=O)c2ccccc2)C[C@H]2[C@@H]3CCC4=CC(=O)CC[C@]4(C)[C@@]3(F)[C@@H](O)C[C@@]21C. The Balaban J connectivity index is 1.58. The quantitative estimate of drug-likeness (QED) is 0.663. The molecule has 0 bridgehead atoms. The minimum absolute atomic E-state index is 0.0331. The second-order valence-electron chi connectivity index (χ2n) is 11.4. The first-order valence-corrected chi connectivity index (χ1v) is 12.2. The molecule has 0 heterocycles. The van der Waals surface area contributed by atoms with Gasteiger partial charge in [0.2, 0.25) is 0 Å². The van der Waals surface area contributed by atoms with Gasteiger partial charge in [0, 0.05) is 35.2 Å². The van der Waals surface area contributed by atoms with Gasteiger partial charge in [-0.1, -0.05) is 49.8 Å². The Morgan fingerprint density at radius 2 is 1.79 bits per heavy atom. The largest absolute Gasteiger partial charge is 0.390 e. The first kappa shape index (κ1) is 22.6. The maximum absolute atomic E-state index is 17.3. The van der Waals surface area contributed by atoms with Crippen LogP contribution in [0.25, 0.3) is 0 Å². The van der Waals surface area contributed by atoms with Crippen molar-refractivity contribution in [1.29, 1.82) is 0 Å². The van der Waals surface area contributed by atoms with Gasteiger partial charge in [0.15, 0.2) is 11.6 Å². The highest BCUT2D eigenvalue weighted by Gasteiger charge is 2.72. The third-order valence-electron chi connectivity index (χ3n) is 9.93. The molecule has 3 fully saturated rings. The average molecular weight is 453 g/mol. The van der Waals surface area contributed by atoms with Gasteiger partial charge in [0.1, 0.15) is 11.5 Å². The molecule has 8 atom stereocenters. The van der Waals surface area contributed by atoms with Crippen LogP contribution >= 0.6 is 0 Å². The predicted octanol–water partition coefficient (Wildman–Crippen LogP) is 4.90. The monoisotopic (exact) mass is 452 g/mol. The summed E-state index contributed by atoms with van der Waals surface area (Å²) in [7, 11) is 0. The van der Waals surface area contributed by atoms with E-state index in [0.29, 0.717) is 31.2 Å². The second kappa shape index (κ2) is 7.43. The van der Waals surface area contributed by atoms with Crippen molar-refractivity contribution in [1.82, 2.24) is 0 Å². The number of hydrogen-bond donors (Lipinski definition) is 1. The molecule has 4 nitrogen and oxygen atoms in total. The third-order valence-corrected chi connectivity index (χ3v) is 9.93. The van der Waals surface area contributed by atoms with Gasteiger partial charge in [-0.3, -0.25) is 14.4 Å². The Hall–Kier alpha value is -2.14. The topological polar surface area (TPSA) is 71.4 Å². The van der Waals surface area contributed by atoms with E-state index in [2.05, 4.69) is 0 Å². The van der Waals surface area contributed by atoms with Gasteiger partial charge in [-0.15, -0.1) is 0 Å². The van der Waals surface area contributed by atoms with Gasteiger partial charge in [0.05, 0.1) is 6.10 Å². The Morgan fingerprint density at radius 1 is 1.09 bits per heavy atom. The Bertz CT molecular complexity index is 1050. The van der Waals surface area contributed by atoms with Crippen LogP contribution in [0, 0.1) is 34.5 Å². The van der Waals surface area contributed by atoms with Crippen molar-refractivity contribution in [3.63, 3.8) is 0 Å². The minimum atomic E-state index is -1.87. The number of carbonyl (C=O) groups excluding carboxylic acids is 3. The normalized spacial score (nSPS) is 44.3. The molecule has 1 N–H and O–H groups in total. The lowest BCUT2D eigenvalue weighted by molar-refractivity contribution is -0.208. The molecule has 33 heavy (non-hydrogen) atoms. The van der Waals surface area contributed by atoms with Crippen LogP contribution in [0.15, 0.2) is 42.0 Å². The molecule has 0 radical (unpaired) electrons. The molecule has 1 aromatic rings. The maximum Gasteiger partial charge on any atom is 0.166 e. The van der Waals surface area contributed by atoms with Crippen LogP contribution in [-0.4, -0.2) is 34.2 Å². The number of rotatable bonds is 3. The number of ketones is 3. The van der Waals surface area contributed by atoms with Gasteiger partial charge < -0.3 is 5.11 Å². The van der Waals surface area contributed by atoms with Gasteiger partial charge >= 0.3 is 0 Å². The van der Waals surface area contributed by atoms with Gasteiger partial charge in [-0.05, 0) is 56.4 Å². The number of Topliss-reactive ketones (excluding diaryl/α,β-unsaturated/α-hetero) is 2. The zero-order chi connectivity index (χ0) is 23.8. The lowest BCUT2D eigenvalue weighted by Gasteiger charge is -2.62. The number of aliphatic hydroxyl groups excluding tert-OH is 1. The number of halogens is 1. The highest BCUT2D eigenvalue weighted by molar-refractivity contribution is 6.01. The Morgan fingerprint density at radius 3 is 2.45 bits per heavy atom. The van der Waals surface area contributed by atoms with Crippen LogP contribution in [0.1, 0.15) is 69.7 Å². The summed E-state index contributed by atoms with van der Waals surface area (Å²) in [5.41, 5.74) is -2.00. The molecule has 4 aliphatic carbocycles. The highest BCUT2D eigenvalue weighted by Crippen LogP contribution is 2.70. The lowest BCUT2D eigenvalue weighted by atomic mass is 9.44. The van der Waals surface area contributed by atoms with E-state index in [1.807, 2.05) is 32.0 Å². The predicted molar refractivity (Wildman–Crippen MR) is 122 cm³/mol. The van der Waals surface area contributed by atoms with Crippen molar-refractivity contribution in [3.8, 4) is 0 Å². The van der Waals surface area contributed by atoms with Crippen molar-refractivity contribution in [3.05, 3.63) is 47.5 Å². The summed E-state index contributed by atoms with van der Waals surface area (Å²) in [5, 5.41) is 11.4. The number of benzene rings is 1. The van der Waals surface area contributed by atoms with Crippen LogP contribution in [0.4, 0.5) is 4.39 Å². The first-order valence-electron chi connectivity index (χ1n) is 12.2.